The third-order valence-electron chi connectivity index (χ3n) is 4.57. The molecular formula is C21H25N5O2. The summed E-state index contributed by atoms with van der Waals surface area (Å²) < 4.78 is 1.81. The van der Waals surface area contributed by atoms with E-state index in [-0.39, 0.29) is 24.4 Å². The van der Waals surface area contributed by atoms with E-state index in [1.165, 1.54) is 11.1 Å². The summed E-state index contributed by atoms with van der Waals surface area (Å²) in [5.41, 5.74) is 3.00. The van der Waals surface area contributed by atoms with E-state index >= 15 is 0 Å². The third kappa shape index (κ3) is 4.03. The molecule has 0 fully saturated rings. The van der Waals surface area contributed by atoms with Crippen LogP contribution in [0.3, 0.4) is 0 Å². The molecule has 0 aliphatic heterocycles. The Morgan fingerprint density at radius 2 is 1.96 bits per heavy atom. The number of likely N-dealkylation sites (N-methyl/N-ethyl adjacent to an activating group) is 1. The number of fused-ring (bicyclic) bond motifs is 1. The Morgan fingerprint density at radius 3 is 2.68 bits per heavy atom. The molecule has 146 valence electrons. The summed E-state index contributed by atoms with van der Waals surface area (Å²) in [6.45, 7) is 6.04. The topological polar surface area (TPSA) is 80.1 Å². The summed E-state index contributed by atoms with van der Waals surface area (Å²) in [6.07, 6.45) is 4.06. The molecule has 0 bridgehead atoms. The fraction of sp³-hybridized carbons (Fsp3) is 0.333. The highest BCUT2D eigenvalue weighted by atomic mass is 16.2. The summed E-state index contributed by atoms with van der Waals surface area (Å²) >= 11 is 0. The smallest absolute Gasteiger partial charge is 0.255 e. The van der Waals surface area contributed by atoms with Crippen molar-refractivity contribution in [3.63, 3.8) is 0 Å². The molecule has 0 atom stereocenters. The number of nitrogens with zero attached hydrogens (tertiary/aromatic N) is 4. The monoisotopic (exact) mass is 379 g/mol. The number of rotatable bonds is 6. The van der Waals surface area contributed by atoms with Crippen molar-refractivity contribution in [2.75, 3.05) is 18.9 Å². The van der Waals surface area contributed by atoms with Gasteiger partial charge in [0.25, 0.3) is 5.91 Å². The normalized spacial score (nSPS) is 11.0. The van der Waals surface area contributed by atoms with Gasteiger partial charge in [0.15, 0.2) is 5.65 Å². The predicted octanol–water partition coefficient (Wildman–Crippen LogP) is 3.29. The van der Waals surface area contributed by atoms with Crippen molar-refractivity contribution in [2.45, 2.75) is 33.2 Å². The van der Waals surface area contributed by atoms with Crippen LogP contribution in [0.25, 0.3) is 11.0 Å². The molecule has 28 heavy (non-hydrogen) atoms. The molecule has 3 aromatic rings. The van der Waals surface area contributed by atoms with Crippen molar-refractivity contribution < 1.29 is 9.59 Å². The molecule has 2 aromatic heterocycles. The average molecular weight is 379 g/mol. The Hall–Kier alpha value is -3.22. The van der Waals surface area contributed by atoms with Crippen LogP contribution in [-0.2, 0) is 11.2 Å². The van der Waals surface area contributed by atoms with Gasteiger partial charge in [-0.2, -0.15) is 5.10 Å². The van der Waals surface area contributed by atoms with Crippen LogP contribution in [0, 0.1) is 0 Å². The number of para-hydroxylation sites is 1. The molecule has 3 rings (SSSR count). The highest BCUT2D eigenvalue weighted by Gasteiger charge is 2.18. The molecule has 1 aromatic carbocycles. The molecule has 2 amide bonds. The van der Waals surface area contributed by atoms with E-state index in [1.807, 2.05) is 49.7 Å². The van der Waals surface area contributed by atoms with Crippen molar-refractivity contribution >= 4 is 28.5 Å². The number of nitrogens with one attached hydrogen (secondary N) is 1. The Kier molecular flexibility index (Phi) is 5.73. The number of pyridine rings is 1. The second-order valence-electron chi connectivity index (χ2n) is 7.04. The summed E-state index contributed by atoms with van der Waals surface area (Å²) in [6, 6.07) is 9.60. The van der Waals surface area contributed by atoms with Gasteiger partial charge in [0.05, 0.1) is 18.3 Å². The number of hydrogen-bond donors (Lipinski definition) is 1. The summed E-state index contributed by atoms with van der Waals surface area (Å²) in [7, 11) is 1.61. The lowest BCUT2D eigenvalue weighted by Crippen LogP contribution is -2.35. The quantitative estimate of drug-likeness (QED) is 0.713. The van der Waals surface area contributed by atoms with Crippen LogP contribution >= 0.6 is 0 Å². The van der Waals surface area contributed by atoms with Gasteiger partial charge in [-0.3, -0.25) is 9.59 Å². The minimum Gasteiger partial charge on any atom is -0.332 e. The second kappa shape index (κ2) is 8.21. The van der Waals surface area contributed by atoms with Crippen LogP contribution in [-0.4, -0.2) is 45.1 Å². The van der Waals surface area contributed by atoms with Gasteiger partial charge in [0.1, 0.15) is 0 Å². The third-order valence-corrected chi connectivity index (χ3v) is 4.57. The molecule has 0 aliphatic rings. The first kappa shape index (κ1) is 19.5. The number of amides is 2. The molecule has 2 heterocycles. The lowest BCUT2D eigenvalue weighted by atomic mass is 10.1. The minimum absolute atomic E-state index is 0.0415. The Labute approximate surface area is 164 Å². The number of carbonyl (C=O) groups excluding carboxylic acids is 2. The first-order valence-electron chi connectivity index (χ1n) is 9.37. The van der Waals surface area contributed by atoms with Crippen molar-refractivity contribution in [3.05, 3.63) is 53.9 Å². The minimum atomic E-state index is -0.259. The van der Waals surface area contributed by atoms with Gasteiger partial charge in [0.2, 0.25) is 5.91 Å². The van der Waals surface area contributed by atoms with E-state index in [0.29, 0.717) is 5.56 Å². The molecule has 1 N–H and O–H groups in total. The van der Waals surface area contributed by atoms with Crippen LogP contribution in [0.2, 0.25) is 0 Å². The SMILES string of the molecule is CCc1ccccc1NC(=O)CN(C)C(=O)c1cnc2c(cnn2C(C)C)c1. The van der Waals surface area contributed by atoms with Crippen LogP contribution in [0.4, 0.5) is 5.69 Å². The molecule has 0 radical (unpaired) electrons. The number of anilines is 1. The molecule has 0 unspecified atom stereocenters. The summed E-state index contributed by atoms with van der Waals surface area (Å²) in [4.78, 5) is 30.9. The van der Waals surface area contributed by atoms with Gasteiger partial charge in [-0.15, -0.1) is 0 Å². The Morgan fingerprint density at radius 1 is 1.21 bits per heavy atom. The molecule has 0 aliphatic carbocycles. The zero-order valence-electron chi connectivity index (χ0n) is 16.6. The Balaban J connectivity index is 1.70. The highest BCUT2D eigenvalue weighted by Crippen LogP contribution is 2.18. The van der Waals surface area contributed by atoms with Crippen LogP contribution < -0.4 is 5.32 Å². The maximum Gasteiger partial charge on any atom is 0.255 e. The number of hydrogen-bond acceptors (Lipinski definition) is 4. The van der Waals surface area contributed by atoms with Gasteiger partial charge in [0, 0.05) is 30.4 Å². The zero-order chi connectivity index (χ0) is 20.3. The fourth-order valence-corrected chi connectivity index (χ4v) is 3.08. The lowest BCUT2D eigenvalue weighted by molar-refractivity contribution is -0.116. The highest BCUT2D eigenvalue weighted by molar-refractivity contribution is 6.00. The van der Waals surface area contributed by atoms with Crippen LogP contribution in [0.5, 0.6) is 0 Å². The Bertz CT molecular complexity index is 1010. The first-order valence-corrected chi connectivity index (χ1v) is 9.37. The molecule has 0 spiro atoms. The number of carbonyl (C=O) groups is 2. The number of aromatic nitrogens is 3. The van der Waals surface area contributed by atoms with Gasteiger partial charge >= 0.3 is 0 Å². The van der Waals surface area contributed by atoms with E-state index in [0.717, 1.165) is 28.7 Å². The van der Waals surface area contributed by atoms with Crippen LogP contribution in [0.1, 0.15) is 42.7 Å². The van der Waals surface area contributed by atoms with Gasteiger partial charge in [-0.05, 0) is 38.0 Å². The first-order chi connectivity index (χ1) is 13.4. The molecule has 7 nitrogen and oxygen atoms in total. The van der Waals surface area contributed by atoms with Gasteiger partial charge < -0.3 is 10.2 Å². The van der Waals surface area contributed by atoms with E-state index in [2.05, 4.69) is 15.4 Å². The number of benzene rings is 1. The lowest BCUT2D eigenvalue weighted by Gasteiger charge is -2.17. The summed E-state index contributed by atoms with van der Waals surface area (Å²) in [5.74, 6) is -0.496. The number of aryl methyl sites for hydroxylation is 1. The largest absolute Gasteiger partial charge is 0.332 e. The maximum absolute atomic E-state index is 12.7. The van der Waals surface area contributed by atoms with E-state index in [9.17, 15) is 9.59 Å². The fourth-order valence-electron chi connectivity index (χ4n) is 3.08. The summed E-state index contributed by atoms with van der Waals surface area (Å²) in [5, 5.41) is 8.00. The van der Waals surface area contributed by atoms with E-state index < -0.39 is 0 Å². The van der Waals surface area contributed by atoms with Crippen molar-refractivity contribution in [1.82, 2.24) is 19.7 Å². The molecule has 7 heteroatoms. The molecule has 0 saturated carbocycles. The zero-order valence-corrected chi connectivity index (χ0v) is 16.6. The van der Waals surface area contributed by atoms with E-state index in [4.69, 9.17) is 0 Å². The molecule has 0 saturated heterocycles. The predicted molar refractivity (Wildman–Crippen MR) is 109 cm³/mol. The standard InChI is InChI=1S/C21H25N5O2/c1-5-15-8-6-7-9-18(15)24-19(27)13-25(4)21(28)17-10-16-12-23-26(14(2)3)20(16)22-11-17/h6-12,14H,5,13H2,1-4H3,(H,24,27). The maximum atomic E-state index is 12.7. The molecular weight excluding hydrogens is 354 g/mol. The van der Waals surface area contributed by atoms with Crippen molar-refractivity contribution in [3.8, 4) is 0 Å². The van der Waals surface area contributed by atoms with Gasteiger partial charge in [-0.1, -0.05) is 25.1 Å². The van der Waals surface area contributed by atoms with Gasteiger partial charge in [-0.25, -0.2) is 9.67 Å². The van der Waals surface area contributed by atoms with Crippen LogP contribution in [0.15, 0.2) is 42.7 Å². The average Bonchev–Trinajstić information content (AvgIpc) is 3.11. The van der Waals surface area contributed by atoms with Crippen molar-refractivity contribution in [2.24, 2.45) is 0 Å². The second-order valence-corrected chi connectivity index (χ2v) is 7.04. The van der Waals surface area contributed by atoms with E-state index in [1.54, 1.807) is 19.3 Å². The van der Waals surface area contributed by atoms with Crippen molar-refractivity contribution in [1.29, 1.82) is 0 Å².